The van der Waals surface area contributed by atoms with Crippen molar-refractivity contribution >= 4 is 6.09 Å². The van der Waals surface area contributed by atoms with Crippen molar-refractivity contribution in [2.45, 2.75) is 65.7 Å². The summed E-state index contributed by atoms with van der Waals surface area (Å²) in [7, 11) is 0. The van der Waals surface area contributed by atoms with Crippen LogP contribution in [0.1, 0.15) is 52.2 Å². The van der Waals surface area contributed by atoms with Crippen molar-refractivity contribution in [3.05, 3.63) is 59.7 Å². The Bertz CT molecular complexity index is 809. The summed E-state index contributed by atoms with van der Waals surface area (Å²) in [6, 6.07) is 16.3. The van der Waals surface area contributed by atoms with Crippen LogP contribution in [-0.2, 0) is 22.4 Å². The number of ether oxygens (including phenoxy) is 2. The predicted octanol–water partition coefficient (Wildman–Crippen LogP) is 5.44. The highest BCUT2D eigenvalue weighted by Gasteiger charge is 2.23. The van der Waals surface area contributed by atoms with Crippen LogP contribution in [0.3, 0.4) is 0 Å². The van der Waals surface area contributed by atoms with Gasteiger partial charge in [-0.15, -0.1) is 0 Å². The van der Waals surface area contributed by atoms with Crippen molar-refractivity contribution < 1.29 is 19.4 Å². The Labute approximate surface area is 187 Å². The molecule has 0 radical (unpaired) electrons. The van der Waals surface area contributed by atoms with Gasteiger partial charge < -0.3 is 19.5 Å². The minimum atomic E-state index is -0.550. The SMILES string of the molecule is CC(C)OCCCN(Cc1ccccc1-c1ccc(CCO)cc1)C(=O)OC(C)(C)C. The fourth-order valence-corrected chi connectivity index (χ4v) is 3.26. The zero-order valence-corrected chi connectivity index (χ0v) is 19.6. The standard InChI is InChI=1S/C26H37NO4/c1-20(2)30-18-8-16-27(25(29)31-26(3,4)5)19-23-9-6-7-10-24(23)22-13-11-21(12-14-22)15-17-28/h6-7,9-14,20,28H,8,15-19H2,1-5H3. The second-order valence-electron chi connectivity index (χ2n) is 9.00. The highest BCUT2D eigenvalue weighted by atomic mass is 16.6. The van der Waals surface area contributed by atoms with Crippen molar-refractivity contribution in [3.63, 3.8) is 0 Å². The van der Waals surface area contributed by atoms with Crippen LogP contribution in [0.5, 0.6) is 0 Å². The molecule has 5 nitrogen and oxygen atoms in total. The molecule has 0 heterocycles. The first-order valence-corrected chi connectivity index (χ1v) is 11.1. The van der Waals surface area contributed by atoms with E-state index in [2.05, 4.69) is 24.3 Å². The predicted molar refractivity (Wildman–Crippen MR) is 125 cm³/mol. The highest BCUT2D eigenvalue weighted by Crippen LogP contribution is 2.26. The van der Waals surface area contributed by atoms with E-state index in [9.17, 15) is 4.79 Å². The van der Waals surface area contributed by atoms with Crippen LogP contribution in [0.25, 0.3) is 11.1 Å². The molecule has 0 saturated heterocycles. The van der Waals surface area contributed by atoms with E-state index in [4.69, 9.17) is 14.6 Å². The summed E-state index contributed by atoms with van der Waals surface area (Å²) >= 11 is 0. The molecule has 2 rings (SSSR count). The van der Waals surface area contributed by atoms with Gasteiger partial charge in [-0.1, -0.05) is 48.5 Å². The summed E-state index contributed by atoms with van der Waals surface area (Å²) in [6.45, 7) is 11.4. The van der Waals surface area contributed by atoms with E-state index in [0.717, 1.165) is 28.7 Å². The molecule has 5 heteroatoms. The van der Waals surface area contributed by atoms with E-state index in [1.165, 1.54) is 0 Å². The summed E-state index contributed by atoms with van der Waals surface area (Å²) < 4.78 is 11.3. The van der Waals surface area contributed by atoms with Crippen molar-refractivity contribution in [1.82, 2.24) is 4.90 Å². The summed E-state index contributed by atoms with van der Waals surface area (Å²) in [5.74, 6) is 0. The van der Waals surface area contributed by atoms with E-state index in [0.29, 0.717) is 26.1 Å². The fourth-order valence-electron chi connectivity index (χ4n) is 3.26. The number of aliphatic hydroxyl groups excluding tert-OH is 1. The normalized spacial score (nSPS) is 11.6. The molecule has 0 aliphatic rings. The first-order chi connectivity index (χ1) is 14.7. The minimum absolute atomic E-state index is 0.140. The minimum Gasteiger partial charge on any atom is -0.444 e. The molecular formula is C26H37NO4. The lowest BCUT2D eigenvalue weighted by Crippen LogP contribution is -2.37. The molecule has 2 aromatic rings. The van der Waals surface area contributed by atoms with E-state index in [1.807, 2.05) is 58.9 Å². The topological polar surface area (TPSA) is 59.0 Å². The smallest absolute Gasteiger partial charge is 0.410 e. The van der Waals surface area contributed by atoms with Gasteiger partial charge in [0.2, 0.25) is 0 Å². The van der Waals surface area contributed by atoms with Gasteiger partial charge in [0.25, 0.3) is 0 Å². The van der Waals surface area contributed by atoms with E-state index < -0.39 is 5.60 Å². The second kappa shape index (κ2) is 11.9. The highest BCUT2D eigenvalue weighted by molar-refractivity contribution is 5.71. The van der Waals surface area contributed by atoms with Gasteiger partial charge in [-0.05, 0) is 69.7 Å². The lowest BCUT2D eigenvalue weighted by Gasteiger charge is -2.28. The molecular weight excluding hydrogens is 390 g/mol. The molecule has 0 bridgehead atoms. The quantitative estimate of drug-likeness (QED) is 0.513. The van der Waals surface area contributed by atoms with Crippen LogP contribution in [0.4, 0.5) is 4.79 Å². The van der Waals surface area contributed by atoms with Crippen molar-refractivity contribution in [2.24, 2.45) is 0 Å². The number of amides is 1. The Morgan fingerprint density at radius 1 is 1.06 bits per heavy atom. The lowest BCUT2D eigenvalue weighted by molar-refractivity contribution is 0.0193. The number of aliphatic hydroxyl groups is 1. The largest absolute Gasteiger partial charge is 0.444 e. The van der Waals surface area contributed by atoms with Gasteiger partial charge in [0.1, 0.15) is 5.60 Å². The molecule has 1 amide bonds. The molecule has 0 saturated carbocycles. The number of carbonyl (C=O) groups is 1. The third-order valence-electron chi connectivity index (χ3n) is 4.72. The first-order valence-electron chi connectivity index (χ1n) is 11.1. The Balaban J connectivity index is 2.21. The molecule has 0 aliphatic carbocycles. The zero-order valence-electron chi connectivity index (χ0n) is 19.6. The molecule has 1 N–H and O–H groups in total. The molecule has 0 unspecified atom stereocenters. The average molecular weight is 428 g/mol. The Morgan fingerprint density at radius 2 is 1.74 bits per heavy atom. The molecule has 0 atom stereocenters. The zero-order chi connectivity index (χ0) is 22.9. The van der Waals surface area contributed by atoms with Crippen LogP contribution in [-0.4, -0.2) is 47.6 Å². The Hall–Kier alpha value is -2.37. The van der Waals surface area contributed by atoms with Gasteiger partial charge in [0, 0.05) is 26.3 Å². The molecule has 2 aromatic carbocycles. The van der Waals surface area contributed by atoms with Crippen LogP contribution in [0.2, 0.25) is 0 Å². The molecule has 170 valence electrons. The molecule has 0 spiro atoms. The van der Waals surface area contributed by atoms with Gasteiger partial charge >= 0.3 is 6.09 Å². The number of hydrogen-bond donors (Lipinski definition) is 1. The van der Waals surface area contributed by atoms with Gasteiger partial charge in [0.15, 0.2) is 0 Å². The Morgan fingerprint density at radius 3 is 2.35 bits per heavy atom. The van der Waals surface area contributed by atoms with Crippen molar-refractivity contribution in [3.8, 4) is 11.1 Å². The third-order valence-corrected chi connectivity index (χ3v) is 4.72. The van der Waals surface area contributed by atoms with E-state index in [1.54, 1.807) is 4.90 Å². The molecule has 31 heavy (non-hydrogen) atoms. The summed E-state index contributed by atoms with van der Waals surface area (Å²) in [5.41, 5.74) is 3.79. The van der Waals surface area contributed by atoms with Gasteiger partial charge in [-0.25, -0.2) is 4.79 Å². The number of nitrogens with zero attached hydrogens (tertiary/aromatic N) is 1. The maximum Gasteiger partial charge on any atom is 0.410 e. The third kappa shape index (κ3) is 8.72. The second-order valence-corrected chi connectivity index (χ2v) is 9.00. The number of hydrogen-bond acceptors (Lipinski definition) is 4. The Kier molecular flexibility index (Phi) is 9.53. The maximum absolute atomic E-state index is 12.9. The van der Waals surface area contributed by atoms with Crippen molar-refractivity contribution in [1.29, 1.82) is 0 Å². The molecule has 0 aliphatic heterocycles. The van der Waals surface area contributed by atoms with Gasteiger partial charge in [-0.2, -0.15) is 0 Å². The lowest BCUT2D eigenvalue weighted by atomic mass is 9.98. The van der Waals surface area contributed by atoms with Gasteiger partial charge in [0.05, 0.1) is 6.10 Å². The summed E-state index contributed by atoms with van der Waals surface area (Å²) in [6.07, 6.45) is 1.25. The number of benzene rings is 2. The van der Waals surface area contributed by atoms with Crippen LogP contribution >= 0.6 is 0 Å². The van der Waals surface area contributed by atoms with Crippen molar-refractivity contribution in [2.75, 3.05) is 19.8 Å². The fraction of sp³-hybridized carbons (Fsp3) is 0.500. The van der Waals surface area contributed by atoms with Crippen LogP contribution < -0.4 is 0 Å². The van der Waals surface area contributed by atoms with Crippen LogP contribution in [0.15, 0.2) is 48.5 Å². The molecule has 0 fully saturated rings. The summed E-state index contributed by atoms with van der Waals surface area (Å²) in [4.78, 5) is 14.7. The maximum atomic E-state index is 12.9. The number of carbonyl (C=O) groups excluding carboxylic acids is 1. The van der Waals surface area contributed by atoms with E-state index in [-0.39, 0.29) is 18.8 Å². The average Bonchev–Trinajstić information content (AvgIpc) is 2.70. The van der Waals surface area contributed by atoms with Gasteiger partial charge in [-0.3, -0.25) is 0 Å². The van der Waals surface area contributed by atoms with E-state index >= 15 is 0 Å². The number of rotatable bonds is 10. The first kappa shape index (κ1) is 24.9. The molecule has 0 aromatic heterocycles. The summed E-state index contributed by atoms with van der Waals surface area (Å²) in [5, 5.41) is 9.14. The monoisotopic (exact) mass is 427 g/mol. The van der Waals surface area contributed by atoms with Crippen LogP contribution in [0, 0.1) is 0 Å².